The van der Waals surface area contributed by atoms with Crippen molar-refractivity contribution in [3.8, 4) is 0 Å². The van der Waals surface area contributed by atoms with E-state index in [9.17, 15) is 14.9 Å². The van der Waals surface area contributed by atoms with E-state index in [0.29, 0.717) is 10.2 Å². The molecule has 1 aromatic carbocycles. The Morgan fingerprint density at radius 1 is 1.67 bits per heavy atom. The summed E-state index contributed by atoms with van der Waals surface area (Å²) < 4.78 is 5.08. The van der Waals surface area contributed by atoms with E-state index in [2.05, 4.69) is 21.2 Å². The molecule has 1 unspecified atom stereocenters. The van der Waals surface area contributed by atoms with Gasteiger partial charge < -0.3 is 15.8 Å². The predicted molar refractivity (Wildman–Crippen MR) is 69.3 cm³/mol. The van der Waals surface area contributed by atoms with Gasteiger partial charge in [0.05, 0.1) is 16.0 Å². The van der Waals surface area contributed by atoms with E-state index in [4.69, 9.17) is 10.5 Å². The SMILES string of the molecule is COCC(N)C(=O)Nc1ccc(Br)c([N+](=O)[O-])c1. The Hall–Kier alpha value is -1.51. The smallest absolute Gasteiger partial charge is 0.285 e. The Labute approximate surface area is 112 Å². The Morgan fingerprint density at radius 3 is 2.89 bits per heavy atom. The fourth-order valence-corrected chi connectivity index (χ4v) is 1.61. The van der Waals surface area contributed by atoms with Gasteiger partial charge in [-0.15, -0.1) is 0 Å². The lowest BCUT2D eigenvalue weighted by Crippen LogP contribution is -2.39. The van der Waals surface area contributed by atoms with E-state index in [0.717, 1.165) is 0 Å². The number of nitrogens with zero attached hydrogens (tertiary/aromatic N) is 1. The number of methoxy groups -OCH3 is 1. The fraction of sp³-hybridized carbons (Fsp3) is 0.300. The second-order valence-electron chi connectivity index (χ2n) is 3.47. The van der Waals surface area contributed by atoms with Crippen LogP contribution < -0.4 is 11.1 Å². The predicted octanol–water partition coefficient (Wildman–Crippen LogP) is 1.27. The molecule has 0 saturated heterocycles. The molecule has 0 aliphatic rings. The Morgan fingerprint density at radius 2 is 2.33 bits per heavy atom. The number of hydrogen-bond acceptors (Lipinski definition) is 5. The molecule has 0 radical (unpaired) electrons. The molecule has 1 aromatic rings. The van der Waals surface area contributed by atoms with Gasteiger partial charge in [-0.1, -0.05) is 0 Å². The van der Waals surface area contributed by atoms with Crippen molar-refractivity contribution < 1.29 is 14.5 Å². The molecule has 98 valence electrons. The summed E-state index contributed by atoms with van der Waals surface area (Å²) in [6.45, 7) is 0.0739. The van der Waals surface area contributed by atoms with Crippen molar-refractivity contribution in [2.75, 3.05) is 19.0 Å². The zero-order chi connectivity index (χ0) is 13.7. The minimum absolute atomic E-state index is 0.0739. The molecular formula is C10H12BrN3O4. The van der Waals surface area contributed by atoms with Crippen LogP contribution in [0.4, 0.5) is 11.4 Å². The third kappa shape index (κ3) is 3.76. The number of ether oxygens (including phenoxy) is 1. The molecule has 1 rings (SSSR count). The molecule has 0 aromatic heterocycles. The topological polar surface area (TPSA) is 107 Å². The van der Waals surface area contributed by atoms with Crippen LogP contribution in [0.2, 0.25) is 0 Å². The van der Waals surface area contributed by atoms with Crippen molar-refractivity contribution in [1.82, 2.24) is 0 Å². The molecule has 0 bridgehead atoms. The summed E-state index contributed by atoms with van der Waals surface area (Å²) in [5.74, 6) is -0.464. The lowest BCUT2D eigenvalue weighted by molar-refractivity contribution is -0.385. The van der Waals surface area contributed by atoms with Crippen LogP contribution in [-0.4, -0.2) is 30.6 Å². The van der Waals surface area contributed by atoms with Gasteiger partial charge in [-0.05, 0) is 28.1 Å². The lowest BCUT2D eigenvalue weighted by Gasteiger charge is -2.11. The second kappa shape index (κ2) is 6.43. The van der Waals surface area contributed by atoms with Crippen LogP contribution in [0, 0.1) is 10.1 Å². The molecule has 0 spiro atoms. The lowest BCUT2D eigenvalue weighted by atomic mass is 10.2. The van der Waals surface area contributed by atoms with Gasteiger partial charge in [-0.2, -0.15) is 0 Å². The van der Waals surface area contributed by atoms with Gasteiger partial charge in [0, 0.05) is 18.9 Å². The minimum Gasteiger partial charge on any atom is -0.383 e. The number of carbonyl (C=O) groups is 1. The highest BCUT2D eigenvalue weighted by atomic mass is 79.9. The maximum Gasteiger partial charge on any atom is 0.285 e. The van der Waals surface area contributed by atoms with Crippen molar-refractivity contribution in [1.29, 1.82) is 0 Å². The molecule has 0 aliphatic heterocycles. The van der Waals surface area contributed by atoms with Crippen molar-refractivity contribution >= 4 is 33.2 Å². The standard InChI is InChI=1S/C10H12BrN3O4/c1-18-5-8(12)10(15)13-6-2-3-7(11)9(4-6)14(16)17/h2-4,8H,5,12H2,1H3,(H,13,15). The highest BCUT2D eigenvalue weighted by molar-refractivity contribution is 9.10. The first-order chi connectivity index (χ1) is 8.45. The van der Waals surface area contributed by atoms with Gasteiger partial charge in [0.25, 0.3) is 5.69 Å². The molecule has 18 heavy (non-hydrogen) atoms. The number of rotatable bonds is 5. The van der Waals surface area contributed by atoms with Gasteiger partial charge in [0.1, 0.15) is 6.04 Å². The van der Waals surface area contributed by atoms with Gasteiger partial charge in [0.2, 0.25) is 5.91 Å². The monoisotopic (exact) mass is 317 g/mol. The number of hydrogen-bond donors (Lipinski definition) is 2. The molecule has 0 saturated carbocycles. The third-order valence-electron chi connectivity index (χ3n) is 2.09. The van der Waals surface area contributed by atoms with E-state index in [1.54, 1.807) is 0 Å². The Balaban J connectivity index is 2.82. The van der Waals surface area contributed by atoms with Crippen LogP contribution in [0.25, 0.3) is 0 Å². The third-order valence-corrected chi connectivity index (χ3v) is 2.76. The second-order valence-corrected chi connectivity index (χ2v) is 4.33. The number of carbonyl (C=O) groups excluding carboxylic acids is 1. The summed E-state index contributed by atoms with van der Waals surface area (Å²) in [5.41, 5.74) is 5.70. The molecule has 0 fully saturated rings. The van der Waals surface area contributed by atoms with Crippen LogP contribution in [-0.2, 0) is 9.53 Å². The fourth-order valence-electron chi connectivity index (χ4n) is 1.22. The van der Waals surface area contributed by atoms with Crippen LogP contribution >= 0.6 is 15.9 Å². The summed E-state index contributed by atoms with van der Waals surface area (Å²) in [6.07, 6.45) is 0. The molecule has 3 N–H and O–H groups in total. The molecule has 1 amide bonds. The Bertz CT molecular complexity index is 466. The van der Waals surface area contributed by atoms with Crippen LogP contribution in [0.15, 0.2) is 22.7 Å². The van der Waals surface area contributed by atoms with Gasteiger partial charge >= 0.3 is 0 Å². The highest BCUT2D eigenvalue weighted by Crippen LogP contribution is 2.27. The van der Waals surface area contributed by atoms with Crippen LogP contribution in [0.3, 0.4) is 0 Å². The summed E-state index contributed by atoms with van der Waals surface area (Å²) >= 11 is 3.05. The van der Waals surface area contributed by atoms with E-state index < -0.39 is 16.9 Å². The minimum atomic E-state index is -0.822. The summed E-state index contributed by atoms with van der Waals surface area (Å²) in [5, 5.41) is 13.2. The van der Waals surface area contributed by atoms with Crippen LogP contribution in [0.5, 0.6) is 0 Å². The highest BCUT2D eigenvalue weighted by Gasteiger charge is 2.16. The maximum absolute atomic E-state index is 11.6. The largest absolute Gasteiger partial charge is 0.383 e. The zero-order valence-corrected chi connectivity index (χ0v) is 11.1. The average Bonchev–Trinajstić information content (AvgIpc) is 2.31. The number of nitrogens with two attached hydrogens (primary N) is 1. The Kier molecular flexibility index (Phi) is 5.20. The normalized spacial score (nSPS) is 11.9. The maximum atomic E-state index is 11.6. The van der Waals surface area contributed by atoms with Crippen molar-refractivity contribution in [3.05, 3.63) is 32.8 Å². The van der Waals surface area contributed by atoms with Crippen molar-refractivity contribution in [2.45, 2.75) is 6.04 Å². The first kappa shape index (κ1) is 14.6. The number of nitro benzene ring substituents is 1. The summed E-state index contributed by atoms with van der Waals surface area (Å²) in [6, 6.07) is 3.45. The van der Waals surface area contributed by atoms with Crippen molar-refractivity contribution in [3.63, 3.8) is 0 Å². The number of nitrogens with one attached hydrogen (secondary N) is 1. The summed E-state index contributed by atoms with van der Waals surface area (Å²) in [4.78, 5) is 21.7. The van der Waals surface area contributed by atoms with E-state index in [1.165, 1.54) is 25.3 Å². The van der Waals surface area contributed by atoms with E-state index in [1.807, 2.05) is 0 Å². The van der Waals surface area contributed by atoms with E-state index in [-0.39, 0.29) is 12.3 Å². The number of amides is 1. The molecule has 7 nitrogen and oxygen atoms in total. The number of benzene rings is 1. The molecule has 0 aliphatic carbocycles. The molecule has 1 atom stereocenters. The van der Waals surface area contributed by atoms with E-state index >= 15 is 0 Å². The first-order valence-electron chi connectivity index (χ1n) is 4.95. The number of anilines is 1. The van der Waals surface area contributed by atoms with Crippen molar-refractivity contribution in [2.24, 2.45) is 5.73 Å². The van der Waals surface area contributed by atoms with Gasteiger partial charge in [-0.25, -0.2) is 0 Å². The molecule has 0 heterocycles. The van der Waals surface area contributed by atoms with Crippen LogP contribution in [0.1, 0.15) is 0 Å². The zero-order valence-electron chi connectivity index (χ0n) is 9.55. The van der Waals surface area contributed by atoms with Gasteiger partial charge in [-0.3, -0.25) is 14.9 Å². The quantitative estimate of drug-likeness (QED) is 0.628. The van der Waals surface area contributed by atoms with Gasteiger partial charge in [0.15, 0.2) is 0 Å². The molecular weight excluding hydrogens is 306 g/mol. The molecule has 8 heteroatoms. The first-order valence-corrected chi connectivity index (χ1v) is 5.74. The summed E-state index contributed by atoms with van der Waals surface area (Å²) in [7, 11) is 1.43. The number of halogens is 1. The number of nitro groups is 1. The average molecular weight is 318 g/mol.